The number of carbonyl (C=O) groups excluding carboxylic acids is 2. The molecule has 0 saturated carbocycles. The molecule has 9 N–H and O–H groups in total. The number of phenolic OH excluding ortho intramolecular Hbond substituents is 1. The number of fused-ring (bicyclic) bond motifs is 1. The van der Waals surface area contributed by atoms with Crippen LogP contribution in [0.5, 0.6) is 17.2 Å². The van der Waals surface area contributed by atoms with E-state index in [1.165, 1.54) is 6.07 Å². The Labute approximate surface area is 404 Å². The van der Waals surface area contributed by atoms with E-state index in [4.69, 9.17) is 9.47 Å². The van der Waals surface area contributed by atoms with Crippen LogP contribution < -0.4 is 19.8 Å². The number of nitrogens with one attached hydrogen (secondary N) is 1. The van der Waals surface area contributed by atoms with E-state index in [9.17, 15) is 86.7 Å². The lowest BCUT2D eigenvalue weighted by atomic mass is 10.1. The fourth-order valence-electron chi connectivity index (χ4n) is 6.33. The van der Waals surface area contributed by atoms with E-state index in [0.717, 1.165) is 67.6 Å². The molecule has 2 amide bonds. The number of ether oxygens (including phenoxy) is 2. The van der Waals surface area contributed by atoms with E-state index in [2.05, 4.69) is 41.1 Å². The molecule has 0 aliphatic carbocycles. The van der Waals surface area contributed by atoms with Crippen molar-refractivity contribution in [3.05, 3.63) is 72.8 Å². The van der Waals surface area contributed by atoms with Gasteiger partial charge in [0.25, 0.3) is 46.4 Å². The lowest BCUT2D eigenvalue weighted by molar-refractivity contribution is -0.130. The van der Waals surface area contributed by atoms with Crippen molar-refractivity contribution in [2.75, 3.05) is 36.8 Å². The molecule has 1 unspecified atom stereocenters. The minimum Gasteiger partial charge on any atom is -0.505 e. The zero-order valence-electron chi connectivity index (χ0n) is 35.9. The second kappa shape index (κ2) is 20.9. The number of nitrogens with zero attached hydrogens (tertiary/aromatic N) is 8. The molecule has 380 valence electrons. The van der Waals surface area contributed by atoms with Crippen molar-refractivity contribution in [1.29, 1.82) is 0 Å². The SMILES string of the molecule is CC(=O)Nc1ccc(/N=N/c2cc(OCCO)c(/N=N/c3c(S(=O)(=O)O)cc4c(S(=O)(=O)O)c(/N=N/C5C(=O)N(c6ccc(S(=O)(=O)O)cc6)N=C5C(=O)O)ccc4c3O)cc2OCCO)c(S(=O)(=O)O)c1. The van der Waals surface area contributed by atoms with Crippen LogP contribution >= 0.6 is 0 Å². The average Bonchev–Trinajstić information content (AvgIpc) is 3.62. The first-order chi connectivity index (χ1) is 33.6. The number of amides is 2. The highest BCUT2D eigenvalue weighted by atomic mass is 32.2. The number of carboxylic acids is 1. The fraction of sp³-hybridized carbons (Fsp3) is 0.158. The van der Waals surface area contributed by atoms with Gasteiger partial charge in [-0.25, -0.2) is 4.79 Å². The van der Waals surface area contributed by atoms with Gasteiger partial charge in [0.15, 0.2) is 11.5 Å². The number of aliphatic carboxylic acids is 1. The minimum absolute atomic E-state index is 0.0367. The Balaban J connectivity index is 1.45. The van der Waals surface area contributed by atoms with Gasteiger partial charge in [-0.1, -0.05) is 0 Å². The van der Waals surface area contributed by atoms with Crippen molar-refractivity contribution in [3.63, 3.8) is 0 Å². The van der Waals surface area contributed by atoms with Gasteiger partial charge in [-0.3, -0.25) is 27.8 Å². The van der Waals surface area contributed by atoms with Crippen molar-refractivity contribution in [2.45, 2.75) is 32.5 Å². The van der Waals surface area contributed by atoms with Gasteiger partial charge in [-0.2, -0.15) is 54.0 Å². The minimum atomic E-state index is -5.59. The van der Waals surface area contributed by atoms with Crippen molar-refractivity contribution >= 4 is 115 Å². The average molecular weight is 1080 g/mol. The number of aliphatic hydroxyl groups is 2. The molecule has 5 aromatic rings. The van der Waals surface area contributed by atoms with Gasteiger partial charge in [0.05, 0.1) is 23.8 Å². The summed E-state index contributed by atoms with van der Waals surface area (Å²) in [6, 6.07) is 8.81. The Bertz CT molecular complexity index is 3650. The third-order valence-electron chi connectivity index (χ3n) is 9.31. The van der Waals surface area contributed by atoms with Crippen LogP contribution in [0.3, 0.4) is 0 Å². The van der Waals surface area contributed by atoms with Gasteiger partial charge in [-0.15, -0.1) is 20.5 Å². The number of phenols is 1. The standard InChI is InChI=1S/C38H33N9O21S4/c1-18(50)39-19-2-8-24(30(14-19)70(58,59)60)40-42-26-16-29(68-13-11-49)27(17-28(26)67-12-10-48)43-44-32-31(71(61,62)63)15-23-22(35(32)51)7-9-25(36(23)72(64,65)66)41-45-33-34(38(53)54)46-47(37(33)52)20-3-5-21(6-4-20)69(55,56)57/h2-9,14-17,33,48-49,51H,10-13H2,1H3,(H,39,50)(H,53,54)(H,55,56,57)(H,58,59,60)(H,61,62,63)(H,64,65,66)/b42-40+,44-43+,45-41+. The second-order valence-electron chi connectivity index (χ2n) is 14.2. The molecule has 0 aromatic heterocycles. The topological polar surface area (TPSA) is 470 Å². The highest BCUT2D eigenvalue weighted by molar-refractivity contribution is 7.87. The molecule has 1 aliphatic rings. The van der Waals surface area contributed by atoms with Crippen LogP contribution in [0.4, 0.5) is 39.8 Å². The van der Waals surface area contributed by atoms with Crippen LogP contribution in [0.25, 0.3) is 10.8 Å². The van der Waals surface area contributed by atoms with Gasteiger partial charge in [0, 0.05) is 35.5 Å². The highest BCUT2D eigenvalue weighted by Gasteiger charge is 2.41. The maximum absolute atomic E-state index is 13.4. The summed E-state index contributed by atoms with van der Waals surface area (Å²) in [5, 5.41) is 68.0. The third kappa shape index (κ3) is 12.0. The molecule has 1 atom stereocenters. The van der Waals surface area contributed by atoms with Gasteiger partial charge in [0.1, 0.15) is 67.8 Å². The summed E-state index contributed by atoms with van der Waals surface area (Å²) in [5.41, 5.74) is -4.41. The summed E-state index contributed by atoms with van der Waals surface area (Å²) >= 11 is 0. The zero-order chi connectivity index (χ0) is 53.1. The van der Waals surface area contributed by atoms with E-state index in [1.54, 1.807) is 0 Å². The number of hydrogen-bond acceptors (Lipinski definition) is 23. The van der Waals surface area contributed by atoms with Gasteiger partial charge in [-0.05, 0) is 60.7 Å². The Kier molecular flexibility index (Phi) is 15.5. The first-order valence-corrected chi connectivity index (χ1v) is 25.2. The Morgan fingerprint density at radius 2 is 1.22 bits per heavy atom. The molecule has 0 radical (unpaired) electrons. The summed E-state index contributed by atoms with van der Waals surface area (Å²) < 4.78 is 150. The van der Waals surface area contributed by atoms with Crippen molar-refractivity contribution in [3.8, 4) is 17.2 Å². The highest BCUT2D eigenvalue weighted by Crippen LogP contribution is 2.47. The summed E-state index contributed by atoms with van der Waals surface area (Å²) in [6.07, 6.45) is 0. The Morgan fingerprint density at radius 1 is 0.667 bits per heavy atom. The maximum atomic E-state index is 13.4. The molecule has 72 heavy (non-hydrogen) atoms. The maximum Gasteiger partial charge on any atom is 0.355 e. The number of anilines is 2. The second-order valence-corrected chi connectivity index (χ2v) is 19.8. The molecule has 0 bridgehead atoms. The molecule has 0 spiro atoms. The smallest absolute Gasteiger partial charge is 0.355 e. The van der Waals surface area contributed by atoms with E-state index < -0.39 is 155 Å². The number of azo groups is 3. The molecule has 0 fully saturated rings. The molecule has 6 rings (SSSR count). The lowest BCUT2D eigenvalue weighted by Crippen LogP contribution is -2.33. The van der Waals surface area contributed by atoms with E-state index in [0.29, 0.717) is 11.1 Å². The molecule has 5 aromatic carbocycles. The molecular weight excluding hydrogens is 1050 g/mol. The number of aliphatic hydroxyl groups excluding tert-OH is 2. The monoisotopic (exact) mass is 1080 g/mol. The Morgan fingerprint density at radius 3 is 1.74 bits per heavy atom. The molecule has 1 aliphatic heterocycles. The van der Waals surface area contributed by atoms with Crippen LogP contribution in [-0.2, 0) is 54.9 Å². The number of benzene rings is 5. The molecular formula is C38H33N9O21S4. The van der Waals surface area contributed by atoms with Crippen LogP contribution in [0.15, 0.2) is 128 Å². The fourth-order valence-corrected chi connectivity index (χ4v) is 8.93. The number of carbonyl (C=O) groups is 3. The normalized spacial score (nSPS) is 14.7. The van der Waals surface area contributed by atoms with Crippen LogP contribution in [0.2, 0.25) is 0 Å². The van der Waals surface area contributed by atoms with Crippen molar-refractivity contribution < 1.29 is 96.2 Å². The molecule has 34 heteroatoms. The Hall–Kier alpha value is -7.80. The largest absolute Gasteiger partial charge is 0.505 e. The third-order valence-corrected chi connectivity index (χ3v) is 12.9. The van der Waals surface area contributed by atoms with E-state index in [1.807, 2.05) is 0 Å². The summed E-state index contributed by atoms with van der Waals surface area (Å²) in [4.78, 5) is 32.9. The van der Waals surface area contributed by atoms with Crippen molar-refractivity contribution in [1.82, 2.24) is 0 Å². The summed E-state index contributed by atoms with van der Waals surface area (Å²) in [7, 11) is -20.8. The van der Waals surface area contributed by atoms with Crippen molar-refractivity contribution in [2.24, 2.45) is 35.8 Å². The van der Waals surface area contributed by atoms with Gasteiger partial charge in [0.2, 0.25) is 11.9 Å². The number of aromatic hydroxyl groups is 1. The van der Waals surface area contributed by atoms with E-state index >= 15 is 0 Å². The van der Waals surface area contributed by atoms with Gasteiger partial charge < -0.3 is 35.2 Å². The number of carboxylic acid groups (broad SMARTS) is 1. The predicted molar refractivity (Wildman–Crippen MR) is 243 cm³/mol. The quantitative estimate of drug-likeness (QED) is 0.0417. The lowest BCUT2D eigenvalue weighted by Gasteiger charge is -2.14. The van der Waals surface area contributed by atoms with Crippen LogP contribution in [-0.4, -0.2) is 128 Å². The number of rotatable bonds is 19. The number of hydrazone groups is 1. The zero-order valence-corrected chi connectivity index (χ0v) is 39.2. The summed E-state index contributed by atoms with van der Waals surface area (Å²) in [5.74, 6) is -5.54. The van der Waals surface area contributed by atoms with Crippen LogP contribution in [0, 0.1) is 0 Å². The van der Waals surface area contributed by atoms with Gasteiger partial charge >= 0.3 is 5.97 Å². The number of hydrogen-bond donors (Lipinski definition) is 9. The van der Waals surface area contributed by atoms with Crippen LogP contribution in [0.1, 0.15) is 6.92 Å². The molecule has 1 heterocycles. The predicted octanol–water partition coefficient (Wildman–Crippen LogP) is 4.00. The first kappa shape index (κ1) is 53.5. The molecule has 0 saturated heterocycles. The molecule has 30 nitrogen and oxygen atoms in total. The first-order valence-electron chi connectivity index (χ1n) is 19.4. The summed E-state index contributed by atoms with van der Waals surface area (Å²) in [6.45, 7) is -0.978. The van der Waals surface area contributed by atoms with E-state index in [-0.39, 0.29) is 28.6 Å².